The molecule has 0 fully saturated rings. The molecule has 0 saturated heterocycles. The van der Waals surface area contributed by atoms with Crippen LogP contribution in [0.1, 0.15) is 52.9 Å². The molecule has 1 atom stereocenters. The molecule has 144 valence electrons. The Morgan fingerprint density at radius 2 is 2.00 bits per heavy atom. The number of unbranched alkanes of at least 4 members (excludes halogenated alkanes) is 2. The average Bonchev–Trinajstić information content (AvgIpc) is 2.66. The van der Waals surface area contributed by atoms with E-state index in [9.17, 15) is 0 Å². The lowest BCUT2D eigenvalue weighted by Gasteiger charge is -2.29. The van der Waals surface area contributed by atoms with E-state index in [1.807, 2.05) is 24.4 Å². The smallest absolute Gasteiger partial charge is 0.121 e. The van der Waals surface area contributed by atoms with Crippen molar-refractivity contribution in [2.24, 2.45) is 0 Å². The van der Waals surface area contributed by atoms with Gasteiger partial charge in [-0.2, -0.15) is 0 Å². The molecule has 0 spiro atoms. The van der Waals surface area contributed by atoms with Crippen LogP contribution in [0.15, 0.2) is 30.5 Å². The van der Waals surface area contributed by atoms with Crippen LogP contribution < -0.4 is 10.1 Å². The molecule has 1 aromatic heterocycles. The van der Waals surface area contributed by atoms with Crippen molar-refractivity contribution >= 4 is 16.6 Å². The van der Waals surface area contributed by atoms with Crippen molar-refractivity contribution in [1.29, 1.82) is 0 Å². The number of ether oxygens (including phenoxy) is 1. The molecule has 4 nitrogen and oxygen atoms in total. The number of hydrogen-bond donors (Lipinski definition) is 1. The van der Waals surface area contributed by atoms with E-state index in [0.717, 1.165) is 35.4 Å². The van der Waals surface area contributed by atoms with E-state index in [4.69, 9.17) is 4.74 Å². The zero-order valence-electron chi connectivity index (χ0n) is 16.9. The quantitative estimate of drug-likeness (QED) is 0.521. The fourth-order valence-electron chi connectivity index (χ4n) is 3.47. The van der Waals surface area contributed by atoms with Gasteiger partial charge in [0.15, 0.2) is 0 Å². The summed E-state index contributed by atoms with van der Waals surface area (Å²) in [5.74, 6) is 0.868. The summed E-state index contributed by atoms with van der Waals surface area (Å²) in [6, 6.07) is 8.77. The maximum absolute atomic E-state index is 5.45. The number of rotatable bonds is 12. The fraction of sp³-hybridized carbons (Fsp3) is 0.591. The van der Waals surface area contributed by atoms with Crippen molar-refractivity contribution in [2.75, 3.05) is 32.1 Å². The predicted octanol–water partition coefficient (Wildman–Crippen LogP) is 5.34. The van der Waals surface area contributed by atoms with Crippen LogP contribution in [0.4, 0.5) is 5.69 Å². The summed E-state index contributed by atoms with van der Waals surface area (Å²) in [7, 11) is 1.71. The molecular formula is C22H35N3O. The number of fused-ring (bicyclic) bond motifs is 1. The summed E-state index contributed by atoms with van der Waals surface area (Å²) < 4.78 is 5.45. The number of nitrogens with one attached hydrogen (secondary N) is 1. The number of nitrogens with zero attached hydrogens (tertiary/aromatic N) is 2. The number of anilines is 1. The molecule has 2 aromatic rings. The molecule has 0 aliphatic rings. The van der Waals surface area contributed by atoms with Gasteiger partial charge in [-0.25, -0.2) is 0 Å². The minimum atomic E-state index is 0.638. The van der Waals surface area contributed by atoms with Crippen molar-refractivity contribution in [3.63, 3.8) is 0 Å². The Hall–Kier alpha value is -1.81. The first kappa shape index (κ1) is 20.5. The van der Waals surface area contributed by atoms with Crippen LogP contribution in [0.25, 0.3) is 10.9 Å². The highest BCUT2D eigenvalue weighted by atomic mass is 16.5. The molecule has 0 aliphatic heterocycles. The molecule has 0 aliphatic carbocycles. The highest BCUT2D eigenvalue weighted by Crippen LogP contribution is 2.27. The van der Waals surface area contributed by atoms with Gasteiger partial charge in [0, 0.05) is 36.8 Å². The van der Waals surface area contributed by atoms with E-state index in [2.05, 4.69) is 42.0 Å². The number of pyridine rings is 1. The SMILES string of the molecule is CCCCCN(CCNc1cc(OC)cc2cccnc12)C(C)CCC. The van der Waals surface area contributed by atoms with Crippen molar-refractivity contribution in [1.82, 2.24) is 9.88 Å². The summed E-state index contributed by atoms with van der Waals surface area (Å²) in [5.41, 5.74) is 2.06. The number of methoxy groups -OCH3 is 1. The molecule has 1 N–H and O–H groups in total. The van der Waals surface area contributed by atoms with Crippen LogP contribution in [-0.4, -0.2) is 42.7 Å². The van der Waals surface area contributed by atoms with Crippen molar-refractivity contribution in [3.05, 3.63) is 30.5 Å². The van der Waals surface area contributed by atoms with Crippen LogP contribution in [0.2, 0.25) is 0 Å². The van der Waals surface area contributed by atoms with Gasteiger partial charge in [0.05, 0.1) is 18.3 Å². The molecule has 0 bridgehead atoms. The lowest BCUT2D eigenvalue weighted by atomic mass is 10.1. The van der Waals surface area contributed by atoms with Crippen LogP contribution >= 0.6 is 0 Å². The number of aromatic nitrogens is 1. The van der Waals surface area contributed by atoms with Gasteiger partial charge in [-0.1, -0.05) is 39.2 Å². The summed E-state index contributed by atoms with van der Waals surface area (Å²) in [5, 5.41) is 4.70. The van der Waals surface area contributed by atoms with Crippen LogP contribution in [0.3, 0.4) is 0 Å². The van der Waals surface area contributed by atoms with Gasteiger partial charge in [-0.3, -0.25) is 9.88 Å². The van der Waals surface area contributed by atoms with E-state index < -0.39 is 0 Å². The lowest BCUT2D eigenvalue weighted by molar-refractivity contribution is 0.202. The van der Waals surface area contributed by atoms with Crippen molar-refractivity contribution in [3.8, 4) is 5.75 Å². The van der Waals surface area contributed by atoms with E-state index in [1.165, 1.54) is 38.6 Å². The molecule has 1 heterocycles. The summed E-state index contributed by atoms with van der Waals surface area (Å²) in [4.78, 5) is 7.17. The van der Waals surface area contributed by atoms with Crippen LogP contribution in [0, 0.1) is 0 Å². The Labute approximate surface area is 159 Å². The predicted molar refractivity (Wildman–Crippen MR) is 112 cm³/mol. The Morgan fingerprint density at radius 3 is 2.73 bits per heavy atom. The third kappa shape index (κ3) is 5.87. The van der Waals surface area contributed by atoms with Gasteiger partial charge in [-0.05, 0) is 38.4 Å². The summed E-state index contributed by atoms with van der Waals surface area (Å²) in [6.07, 6.45) is 8.22. The van der Waals surface area contributed by atoms with E-state index >= 15 is 0 Å². The van der Waals surface area contributed by atoms with Gasteiger partial charge in [-0.15, -0.1) is 0 Å². The third-order valence-corrected chi connectivity index (χ3v) is 5.01. The summed E-state index contributed by atoms with van der Waals surface area (Å²) in [6.45, 7) is 10.1. The standard InChI is InChI=1S/C22H35N3O/c1-5-7-8-14-25(18(3)10-6-2)15-13-23-21-17-20(26-4)16-19-11-9-12-24-22(19)21/h9,11-12,16-18,23H,5-8,10,13-15H2,1-4H3. The van der Waals surface area contributed by atoms with Gasteiger partial charge in [0.2, 0.25) is 0 Å². The normalized spacial score (nSPS) is 12.5. The van der Waals surface area contributed by atoms with Crippen LogP contribution in [0.5, 0.6) is 5.75 Å². The molecule has 4 heteroatoms. The molecule has 0 amide bonds. The number of benzene rings is 1. The molecular weight excluding hydrogens is 322 g/mol. The second kappa shape index (κ2) is 11.0. The molecule has 0 saturated carbocycles. The van der Waals surface area contributed by atoms with Gasteiger partial charge >= 0.3 is 0 Å². The second-order valence-corrected chi connectivity index (χ2v) is 7.06. The van der Waals surface area contributed by atoms with Crippen molar-refractivity contribution in [2.45, 2.75) is 58.9 Å². The lowest BCUT2D eigenvalue weighted by Crippen LogP contribution is -2.37. The first-order valence-corrected chi connectivity index (χ1v) is 10.1. The highest BCUT2D eigenvalue weighted by Gasteiger charge is 2.13. The third-order valence-electron chi connectivity index (χ3n) is 5.01. The second-order valence-electron chi connectivity index (χ2n) is 7.06. The van der Waals surface area contributed by atoms with Crippen molar-refractivity contribution < 1.29 is 4.74 Å². The van der Waals surface area contributed by atoms with Gasteiger partial charge < -0.3 is 10.1 Å². The van der Waals surface area contributed by atoms with Gasteiger partial charge in [0.1, 0.15) is 5.75 Å². The molecule has 26 heavy (non-hydrogen) atoms. The Balaban J connectivity index is 2.02. The maximum atomic E-state index is 5.45. The first-order chi connectivity index (χ1) is 12.7. The Bertz CT molecular complexity index is 659. The molecule has 1 unspecified atom stereocenters. The minimum absolute atomic E-state index is 0.638. The largest absolute Gasteiger partial charge is 0.497 e. The van der Waals surface area contributed by atoms with Crippen LogP contribution in [-0.2, 0) is 0 Å². The monoisotopic (exact) mass is 357 g/mol. The molecule has 1 aromatic carbocycles. The highest BCUT2D eigenvalue weighted by molar-refractivity contribution is 5.91. The Kier molecular flexibility index (Phi) is 8.69. The topological polar surface area (TPSA) is 37.4 Å². The van der Waals surface area contributed by atoms with E-state index in [1.54, 1.807) is 7.11 Å². The summed E-state index contributed by atoms with van der Waals surface area (Å²) >= 11 is 0. The maximum Gasteiger partial charge on any atom is 0.121 e. The zero-order valence-corrected chi connectivity index (χ0v) is 16.9. The fourth-order valence-corrected chi connectivity index (χ4v) is 3.47. The minimum Gasteiger partial charge on any atom is -0.497 e. The zero-order chi connectivity index (χ0) is 18.8. The van der Waals surface area contributed by atoms with E-state index in [0.29, 0.717) is 6.04 Å². The molecule has 2 rings (SSSR count). The Morgan fingerprint density at radius 1 is 1.15 bits per heavy atom. The van der Waals surface area contributed by atoms with Gasteiger partial charge in [0.25, 0.3) is 0 Å². The molecule has 0 radical (unpaired) electrons. The van der Waals surface area contributed by atoms with E-state index in [-0.39, 0.29) is 0 Å². The number of hydrogen-bond acceptors (Lipinski definition) is 4. The average molecular weight is 358 g/mol. The first-order valence-electron chi connectivity index (χ1n) is 10.1.